The summed E-state index contributed by atoms with van der Waals surface area (Å²) in [6, 6.07) is 19.6. The van der Waals surface area contributed by atoms with Crippen molar-refractivity contribution in [3.8, 4) is 0 Å². The van der Waals surface area contributed by atoms with E-state index < -0.39 is 11.9 Å². The Morgan fingerprint density at radius 3 is 1.93 bits per heavy atom. The Labute approximate surface area is 171 Å². The highest BCUT2D eigenvalue weighted by Crippen LogP contribution is 2.50. The van der Waals surface area contributed by atoms with Gasteiger partial charge in [0.05, 0.1) is 25.8 Å². The fourth-order valence-electron chi connectivity index (χ4n) is 4.05. The molecule has 1 aliphatic heterocycles. The Morgan fingerprint density at radius 1 is 0.862 bits per heavy atom. The Balaban J connectivity index is 2.26. The van der Waals surface area contributed by atoms with Crippen molar-refractivity contribution in [2.45, 2.75) is 31.7 Å². The first-order valence-corrected chi connectivity index (χ1v) is 9.91. The zero-order valence-electron chi connectivity index (χ0n) is 17.1. The van der Waals surface area contributed by atoms with Crippen LogP contribution in [0.4, 0.5) is 0 Å². The Hall–Kier alpha value is -3.08. The molecule has 0 bridgehead atoms. The number of nitrogens with zero attached hydrogens (tertiary/aromatic N) is 1. The zero-order valence-corrected chi connectivity index (χ0v) is 17.1. The maximum Gasteiger partial charge on any atom is 0.354 e. The van der Waals surface area contributed by atoms with Crippen LogP contribution in [0.5, 0.6) is 0 Å². The number of benzene rings is 2. The molecular weight excluding hydrogens is 366 g/mol. The van der Waals surface area contributed by atoms with Gasteiger partial charge < -0.3 is 14.4 Å². The molecule has 0 saturated carbocycles. The Bertz CT molecular complexity index is 876. The van der Waals surface area contributed by atoms with Crippen LogP contribution in [0.1, 0.15) is 42.9 Å². The van der Waals surface area contributed by atoms with E-state index in [0.717, 1.165) is 24.0 Å². The minimum atomic E-state index is -0.513. The number of esters is 2. The van der Waals surface area contributed by atoms with Crippen LogP contribution in [-0.2, 0) is 19.1 Å². The summed E-state index contributed by atoms with van der Waals surface area (Å²) in [5.41, 5.74) is 2.66. The number of rotatable bonds is 7. The van der Waals surface area contributed by atoms with Crippen molar-refractivity contribution in [3.63, 3.8) is 0 Å². The van der Waals surface area contributed by atoms with E-state index in [-0.39, 0.29) is 12.0 Å². The highest BCUT2D eigenvalue weighted by Gasteiger charge is 2.47. The lowest BCUT2D eigenvalue weighted by Crippen LogP contribution is -2.30. The molecule has 2 aromatic carbocycles. The third-order valence-electron chi connectivity index (χ3n) is 5.34. The van der Waals surface area contributed by atoms with E-state index in [2.05, 4.69) is 6.92 Å². The number of methoxy groups -OCH3 is 2. The Kier molecular flexibility index (Phi) is 6.70. The molecule has 1 heterocycles. The molecule has 152 valence electrons. The molecule has 3 rings (SSSR count). The summed E-state index contributed by atoms with van der Waals surface area (Å²) in [6.45, 7) is 2.75. The fraction of sp³-hybridized carbons (Fsp3) is 0.333. The number of unbranched alkanes of at least 4 members (excludes halogenated alkanes) is 1. The highest BCUT2D eigenvalue weighted by atomic mass is 16.5. The molecule has 0 spiro atoms. The zero-order chi connectivity index (χ0) is 20.8. The lowest BCUT2D eigenvalue weighted by Gasteiger charge is -2.32. The SMILES string of the molecule is CCCCN1C(C(=O)OC)=C(C(=O)OC)[C@@H](c2ccccc2)[C@@H]1c1ccccc1. The summed E-state index contributed by atoms with van der Waals surface area (Å²) in [4.78, 5) is 27.8. The van der Waals surface area contributed by atoms with Crippen LogP contribution >= 0.6 is 0 Å². The van der Waals surface area contributed by atoms with Gasteiger partial charge in [-0.2, -0.15) is 0 Å². The first-order valence-electron chi connectivity index (χ1n) is 9.91. The highest BCUT2D eigenvalue weighted by molar-refractivity contribution is 6.02. The van der Waals surface area contributed by atoms with E-state index >= 15 is 0 Å². The summed E-state index contributed by atoms with van der Waals surface area (Å²) in [5, 5.41) is 0. The van der Waals surface area contributed by atoms with Gasteiger partial charge in [-0.1, -0.05) is 74.0 Å². The molecule has 0 fully saturated rings. The second-order valence-corrected chi connectivity index (χ2v) is 7.04. The molecule has 0 saturated heterocycles. The first-order chi connectivity index (χ1) is 14.1. The molecule has 2 atom stereocenters. The summed E-state index contributed by atoms with van der Waals surface area (Å²) in [7, 11) is 2.69. The van der Waals surface area contributed by atoms with Gasteiger partial charge in [0.1, 0.15) is 5.70 Å². The molecule has 0 unspecified atom stereocenters. The maximum absolute atomic E-state index is 12.9. The summed E-state index contributed by atoms with van der Waals surface area (Å²) in [6.07, 6.45) is 1.86. The van der Waals surface area contributed by atoms with Gasteiger partial charge in [0, 0.05) is 12.5 Å². The van der Waals surface area contributed by atoms with Crippen molar-refractivity contribution in [2.75, 3.05) is 20.8 Å². The van der Waals surface area contributed by atoms with E-state index in [1.165, 1.54) is 14.2 Å². The van der Waals surface area contributed by atoms with Crippen LogP contribution in [0.25, 0.3) is 0 Å². The van der Waals surface area contributed by atoms with Gasteiger partial charge in [-0.15, -0.1) is 0 Å². The molecule has 0 aromatic heterocycles. The van der Waals surface area contributed by atoms with Crippen molar-refractivity contribution >= 4 is 11.9 Å². The van der Waals surface area contributed by atoms with Crippen LogP contribution in [0.3, 0.4) is 0 Å². The van der Waals surface area contributed by atoms with Crippen LogP contribution in [0.2, 0.25) is 0 Å². The van der Waals surface area contributed by atoms with Crippen molar-refractivity contribution < 1.29 is 19.1 Å². The van der Waals surface area contributed by atoms with Gasteiger partial charge in [-0.05, 0) is 17.5 Å². The number of hydrogen-bond donors (Lipinski definition) is 0. The van der Waals surface area contributed by atoms with Crippen LogP contribution in [0.15, 0.2) is 71.9 Å². The van der Waals surface area contributed by atoms with Gasteiger partial charge >= 0.3 is 11.9 Å². The number of hydrogen-bond acceptors (Lipinski definition) is 5. The van der Waals surface area contributed by atoms with Gasteiger partial charge in [-0.3, -0.25) is 0 Å². The predicted octanol–water partition coefficient (Wildman–Crippen LogP) is 4.23. The molecule has 0 N–H and O–H groups in total. The van der Waals surface area contributed by atoms with Gasteiger partial charge in [-0.25, -0.2) is 9.59 Å². The minimum Gasteiger partial charge on any atom is -0.466 e. The molecule has 0 amide bonds. The average molecular weight is 393 g/mol. The molecule has 0 aliphatic carbocycles. The maximum atomic E-state index is 12.9. The van der Waals surface area contributed by atoms with Crippen molar-refractivity contribution in [1.82, 2.24) is 4.90 Å². The minimum absolute atomic E-state index is 0.201. The van der Waals surface area contributed by atoms with Crippen LogP contribution in [0, 0.1) is 0 Å². The number of ether oxygens (including phenoxy) is 2. The third kappa shape index (κ3) is 4.04. The van der Waals surface area contributed by atoms with Crippen LogP contribution in [-0.4, -0.2) is 37.6 Å². The second-order valence-electron chi connectivity index (χ2n) is 7.04. The predicted molar refractivity (Wildman–Crippen MR) is 111 cm³/mol. The second kappa shape index (κ2) is 9.41. The monoisotopic (exact) mass is 393 g/mol. The molecular formula is C24H27NO4. The molecule has 5 heteroatoms. The van der Waals surface area contributed by atoms with E-state index in [1.807, 2.05) is 65.6 Å². The molecule has 2 aromatic rings. The molecule has 1 aliphatic rings. The summed E-state index contributed by atoms with van der Waals surface area (Å²) < 4.78 is 10.2. The van der Waals surface area contributed by atoms with Crippen molar-refractivity contribution in [3.05, 3.63) is 83.1 Å². The lowest BCUT2D eigenvalue weighted by molar-refractivity contribution is -0.140. The summed E-state index contributed by atoms with van der Waals surface area (Å²) >= 11 is 0. The van der Waals surface area contributed by atoms with E-state index in [0.29, 0.717) is 17.8 Å². The molecule has 5 nitrogen and oxygen atoms in total. The van der Waals surface area contributed by atoms with Crippen molar-refractivity contribution in [2.24, 2.45) is 0 Å². The van der Waals surface area contributed by atoms with Gasteiger partial charge in [0.25, 0.3) is 0 Å². The quantitative estimate of drug-likeness (QED) is 0.659. The van der Waals surface area contributed by atoms with E-state index in [4.69, 9.17) is 9.47 Å². The van der Waals surface area contributed by atoms with Gasteiger partial charge in [0.2, 0.25) is 0 Å². The topological polar surface area (TPSA) is 55.8 Å². The van der Waals surface area contributed by atoms with Gasteiger partial charge in [0.15, 0.2) is 0 Å². The van der Waals surface area contributed by atoms with E-state index in [9.17, 15) is 9.59 Å². The van der Waals surface area contributed by atoms with Crippen LogP contribution < -0.4 is 0 Å². The summed E-state index contributed by atoms with van der Waals surface area (Å²) in [5.74, 6) is -1.35. The number of carbonyl (C=O) groups is 2. The Morgan fingerprint density at radius 2 is 1.41 bits per heavy atom. The smallest absolute Gasteiger partial charge is 0.354 e. The van der Waals surface area contributed by atoms with Crippen molar-refractivity contribution in [1.29, 1.82) is 0 Å². The molecule has 0 radical (unpaired) electrons. The number of carbonyl (C=O) groups excluding carboxylic acids is 2. The first kappa shape index (κ1) is 20.6. The third-order valence-corrected chi connectivity index (χ3v) is 5.34. The fourth-order valence-corrected chi connectivity index (χ4v) is 4.05. The normalized spacial score (nSPS) is 18.7. The molecule has 29 heavy (non-hydrogen) atoms. The van der Waals surface area contributed by atoms with E-state index in [1.54, 1.807) is 0 Å². The largest absolute Gasteiger partial charge is 0.466 e. The standard InChI is InChI=1S/C24H27NO4/c1-4-5-16-25-21(18-14-10-7-11-15-18)19(17-12-8-6-9-13-17)20(23(26)28-2)22(25)24(27)29-3/h6-15,19,21H,4-5,16H2,1-3H3/t19-,21+/m1/s1. The lowest BCUT2D eigenvalue weighted by atomic mass is 9.83. The average Bonchev–Trinajstić information content (AvgIpc) is 3.12.